The molecule has 3 aromatic heterocycles. The molecule has 1 aliphatic carbocycles. The standard InChI is InChI=1S/C26H31N7O3/c1-35-23-12-19-11-20(26(34)28-22(19)13-24(23)36-2)16-32(15-18-7-6-10-27-14-18)17-25-29-30-31-33(25)21-8-4-3-5-9-21/h6-7,10-14,21H,3-5,8-9,15-17H2,1-2H3,(H,28,34). The van der Waals surface area contributed by atoms with Crippen molar-refractivity contribution in [3.05, 3.63) is 70.0 Å². The van der Waals surface area contributed by atoms with E-state index in [2.05, 4.69) is 30.4 Å². The second-order valence-electron chi connectivity index (χ2n) is 9.26. The second-order valence-corrected chi connectivity index (χ2v) is 9.26. The first kappa shape index (κ1) is 23.9. The van der Waals surface area contributed by atoms with Crippen LogP contribution in [0.5, 0.6) is 11.5 Å². The molecule has 0 amide bonds. The molecule has 0 spiro atoms. The summed E-state index contributed by atoms with van der Waals surface area (Å²) in [7, 11) is 3.18. The van der Waals surface area contributed by atoms with E-state index >= 15 is 0 Å². The number of fused-ring (bicyclic) bond motifs is 1. The SMILES string of the molecule is COc1cc2cc(CN(Cc3cccnc3)Cc3nnnn3C3CCCCC3)c(=O)[nH]c2cc1OC. The van der Waals surface area contributed by atoms with Crippen molar-refractivity contribution < 1.29 is 9.47 Å². The van der Waals surface area contributed by atoms with Crippen molar-refractivity contribution in [2.75, 3.05) is 14.2 Å². The van der Waals surface area contributed by atoms with Gasteiger partial charge in [0.05, 0.1) is 32.3 Å². The van der Waals surface area contributed by atoms with Crippen LogP contribution in [0.2, 0.25) is 0 Å². The van der Waals surface area contributed by atoms with Crippen molar-refractivity contribution in [2.24, 2.45) is 0 Å². The fourth-order valence-electron chi connectivity index (χ4n) is 4.98. The van der Waals surface area contributed by atoms with E-state index in [0.717, 1.165) is 29.6 Å². The Bertz CT molecular complexity index is 1360. The van der Waals surface area contributed by atoms with Crippen molar-refractivity contribution in [3.63, 3.8) is 0 Å². The normalized spacial score (nSPS) is 14.4. The molecule has 10 nitrogen and oxygen atoms in total. The van der Waals surface area contributed by atoms with Crippen molar-refractivity contribution in [3.8, 4) is 11.5 Å². The summed E-state index contributed by atoms with van der Waals surface area (Å²) in [5.74, 6) is 2.00. The molecule has 5 rings (SSSR count). The maximum Gasteiger partial charge on any atom is 0.252 e. The minimum atomic E-state index is -0.141. The fraction of sp³-hybridized carbons (Fsp3) is 0.423. The highest BCUT2D eigenvalue weighted by Gasteiger charge is 2.22. The molecule has 10 heteroatoms. The Kier molecular flexibility index (Phi) is 7.22. The average molecular weight is 490 g/mol. The summed E-state index contributed by atoms with van der Waals surface area (Å²) < 4.78 is 12.8. The molecule has 0 bridgehead atoms. The van der Waals surface area contributed by atoms with E-state index in [1.54, 1.807) is 26.5 Å². The third kappa shape index (κ3) is 5.23. The van der Waals surface area contributed by atoms with E-state index in [-0.39, 0.29) is 5.56 Å². The Morgan fingerprint density at radius 1 is 1.06 bits per heavy atom. The summed E-state index contributed by atoms with van der Waals surface area (Å²) in [5, 5.41) is 13.5. The zero-order valence-electron chi connectivity index (χ0n) is 20.7. The summed E-state index contributed by atoms with van der Waals surface area (Å²) in [4.78, 5) is 22.5. The topological polar surface area (TPSA) is 111 Å². The van der Waals surface area contributed by atoms with Crippen LogP contribution in [-0.4, -0.2) is 49.3 Å². The van der Waals surface area contributed by atoms with E-state index in [1.807, 2.05) is 35.1 Å². The molecule has 4 aromatic rings. The largest absolute Gasteiger partial charge is 0.493 e. The monoisotopic (exact) mass is 489 g/mol. The summed E-state index contributed by atoms with van der Waals surface area (Å²) >= 11 is 0. The summed E-state index contributed by atoms with van der Waals surface area (Å²) in [6, 6.07) is 9.86. The van der Waals surface area contributed by atoms with Crippen LogP contribution in [0.1, 0.15) is 55.1 Å². The average Bonchev–Trinajstić information content (AvgIpc) is 3.37. The molecule has 0 aliphatic heterocycles. The zero-order valence-corrected chi connectivity index (χ0v) is 20.7. The van der Waals surface area contributed by atoms with E-state index in [9.17, 15) is 4.79 Å². The highest BCUT2D eigenvalue weighted by atomic mass is 16.5. The number of nitrogens with zero attached hydrogens (tertiary/aromatic N) is 6. The summed E-state index contributed by atoms with van der Waals surface area (Å²) in [6.07, 6.45) is 9.45. The van der Waals surface area contributed by atoms with Gasteiger partial charge < -0.3 is 14.5 Å². The Morgan fingerprint density at radius 2 is 1.86 bits per heavy atom. The van der Waals surface area contributed by atoms with Gasteiger partial charge in [0, 0.05) is 42.5 Å². The Hall–Kier alpha value is -3.79. The van der Waals surface area contributed by atoms with Crippen LogP contribution in [0.25, 0.3) is 10.9 Å². The summed E-state index contributed by atoms with van der Waals surface area (Å²) in [5.41, 5.74) is 2.26. The number of methoxy groups -OCH3 is 2. The van der Waals surface area contributed by atoms with Gasteiger partial charge in [0.15, 0.2) is 17.3 Å². The summed E-state index contributed by atoms with van der Waals surface area (Å²) in [6.45, 7) is 1.54. The van der Waals surface area contributed by atoms with Gasteiger partial charge in [0.2, 0.25) is 0 Å². The van der Waals surface area contributed by atoms with Crippen molar-refractivity contribution >= 4 is 10.9 Å². The number of rotatable bonds is 9. The van der Waals surface area contributed by atoms with Gasteiger partial charge >= 0.3 is 0 Å². The lowest BCUT2D eigenvalue weighted by Crippen LogP contribution is -2.29. The van der Waals surface area contributed by atoms with Crippen LogP contribution in [0.3, 0.4) is 0 Å². The molecular weight excluding hydrogens is 458 g/mol. The molecule has 1 saturated carbocycles. The number of hydrogen-bond acceptors (Lipinski definition) is 8. The van der Waals surface area contributed by atoms with Crippen LogP contribution in [0.4, 0.5) is 0 Å². The van der Waals surface area contributed by atoms with Gasteiger partial charge in [-0.1, -0.05) is 25.3 Å². The van der Waals surface area contributed by atoms with E-state index in [4.69, 9.17) is 9.47 Å². The van der Waals surface area contributed by atoms with Crippen LogP contribution in [0, 0.1) is 0 Å². The minimum Gasteiger partial charge on any atom is -0.493 e. The molecule has 0 unspecified atom stereocenters. The first-order valence-corrected chi connectivity index (χ1v) is 12.3. The quantitative estimate of drug-likeness (QED) is 0.379. The van der Waals surface area contributed by atoms with Gasteiger partial charge in [-0.05, 0) is 47.0 Å². The van der Waals surface area contributed by atoms with Crippen molar-refractivity contribution in [1.29, 1.82) is 0 Å². The lowest BCUT2D eigenvalue weighted by atomic mass is 9.95. The molecular formula is C26H31N7O3. The van der Waals surface area contributed by atoms with Crippen molar-refractivity contribution in [1.82, 2.24) is 35.1 Å². The highest BCUT2D eigenvalue weighted by Crippen LogP contribution is 2.31. The van der Waals surface area contributed by atoms with Crippen LogP contribution in [0.15, 0.2) is 47.5 Å². The molecule has 0 radical (unpaired) electrons. The van der Waals surface area contributed by atoms with Gasteiger partial charge in [-0.3, -0.25) is 14.7 Å². The van der Waals surface area contributed by atoms with Crippen LogP contribution in [-0.2, 0) is 19.6 Å². The highest BCUT2D eigenvalue weighted by molar-refractivity contribution is 5.83. The zero-order chi connectivity index (χ0) is 24.9. The molecule has 1 aliphatic rings. The smallest absolute Gasteiger partial charge is 0.252 e. The third-order valence-electron chi connectivity index (χ3n) is 6.79. The molecule has 1 N–H and O–H groups in total. The minimum absolute atomic E-state index is 0.141. The number of H-pyrrole nitrogens is 1. The number of aromatic amines is 1. The third-order valence-corrected chi connectivity index (χ3v) is 6.79. The fourth-order valence-corrected chi connectivity index (χ4v) is 4.98. The van der Waals surface area contributed by atoms with Gasteiger partial charge in [-0.25, -0.2) is 4.68 Å². The van der Waals surface area contributed by atoms with E-state index < -0.39 is 0 Å². The molecule has 36 heavy (non-hydrogen) atoms. The first-order valence-electron chi connectivity index (χ1n) is 12.3. The molecule has 0 atom stereocenters. The van der Waals surface area contributed by atoms with Crippen LogP contribution >= 0.6 is 0 Å². The number of aromatic nitrogens is 6. The number of tetrazole rings is 1. The number of ether oxygens (including phenoxy) is 2. The Balaban J connectivity index is 1.46. The van der Waals surface area contributed by atoms with Gasteiger partial charge in [0.1, 0.15) is 0 Å². The van der Waals surface area contributed by atoms with Gasteiger partial charge in [-0.15, -0.1) is 5.10 Å². The van der Waals surface area contributed by atoms with Crippen molar-refractivity contribution in [2.45, 2.75) is 57.8 Å². The second kappa shape index (κ2) is 10.9. The molecule has 3 heterocycles. The predicted molar refractivity (Wildman–Crippen MR) is 135 cm³/mol. The van der Waals surface area contributed by atoms with E-state index in [0.29, 0.717) is 48.3 Å². The predicted octanol–water partition coefficient (Wildman–Crippen LogP) is 3.63. The maximum atomic E-state index is 13.1. The van der Waals surface area contributed by atoms with E-state index in [1.165, 1.54) is 19.3 Å². The number of benzene rings is 1. The Labute approximate surface area is 209 Å². The molecule has 1 fully saturated rings. The maximum absolute atomic E-state index is 13.1. The van der Waals surface area contributed by atoms with Crippen LogP contribution < -0.4 is 15.0 Å². The Morgan fingerprint density at radius 3 is 2.61 bits per heavy atom. The molecule has 0 saturated heterocycles. The molecule has 188 valence electrons. The van der Waals surface area contributed by atoms with Gasteiger partial charge in [-0.2, -0.15) is 0 Å². The van der Waals surface area contributed by atoms with Gasteiger partial charge in [0.25, 0.3) is 5.56 Å². The lowest BCUT2D eigenvalue weighted by Gasteiger charge is -2.25. The first-order chi connectivity index (χ1) is 17.6. The number of hydrogen-bond donors (Lipinski definition) is 1. The number of nitrogens with one attached hydrogen (secondary N) is 1. The number of pyridine rings is 2. The molecule has 1 aromatic carbocycles. The lowest BCUT2D eigenvalue weighted by molar-refractivity contribution is 0.225.